The van der Waals surface area contributed by atoms with E-state index in [-0.39, 0.29) is 52.1 Å². The molecule has 0 aromatic heterocycles. The number of carboxylic acids is 1. The van der Waals surface area contributed by atoms with Gasteiger partial charge in [-0.25, -0.2) is 9.18 Å². The molecular weight excluding hydrogens is 500 g/mol. The lowest BCUT2D eigenvalue weighted by atomic mass is 9.98. The third-order valence-electron chi connectivity index (χ3n) is 4.58. The lowest BCUT2D eigenvalue weighted by Gasteiger charge is -2.14. The van der Waals surface area contributed by atoms with Gasteiger partial charge in [0.2, 0.25) is 5.91 Å². The summed E-state index contributed by atoms with van der Waals surface area (Å²) in [6.45, 7) is -0.247. The monoisotopic (exact) mass is 517 g/mol. The minimum absolute atomic E-state index is 0.0236. The van der Waals surface area contributed by atoms with Gasteiger partial charge in [-0.15, -0.1) is 0 Å². The van der Waals surface area contributed by atoms with Gasteiger partial charge in [0.25, 0.3) is 0 Å². The van der Waals surface area contributed by atoms with E-state index in [2.05, 4.69) is 10.6 Å². The maximum atomic E-state index is 13.3. The van der Waals surface area contributed by atoms with E-state index in [1.807, 2.05) is 0 Å². The van der Waals surface area contributed by atoms with Crippen LogP contribution in [0.3, 0.4) is 0 Å². The van der Waals surface area contributed by atoms with E-state index in [9.17, 15) is 28.7 Å². The summed E-state index contributed by atoms with van der Waals surface area (Å²) >= 11 is 18.1. The zero-order valence-corrected chi connectivity index (χ0v) is 19.2. The van der Waals surface area contributed by atoms with Crippen LogP contribution in [0.2, 0.25) is 15.1 Å². The van der Waals surface area contributed by atoms with Gasteiger partial charge in [0.1, 0.15) is 5.82 Å². The van der Waals surface area contributed by atoms with Gasteiger partial charge in [-0.3, -0.25) is 14.4 Å². The Kier molecular flexibility index (Phi) is 9.45. The van der Waals surface area contributed by atoms with Gasteiger partial charge in [-0.2, -0.15) is 0 Å². The Balaban J connectivity index is 2.11. The van der Waals surface area contributed by atoms with E-state index in [4.69, 9.17) is 40.5 Å². The van der Waals surface area contributed by atoms with E-state index in [0.29, 0.717) is 5.56 Å². The number of Topliss-reactive ketones (excluding diaryl/α,β-unsaturated/α-hetero) is 1. The minimum atomic E-state index is -1.21. The van der Waals surface area contributed by atoms with Crippen LogP contribution in [0.5, 0.6) is 0 Å². The SMILES string of the molecule is NC(=O)NC[C@H](CCC(=O)c1c(Cl)ccc(NC(=O)Cc2ccc(F)c(Cl)c2)c1Cl)C(=O)O. The standard InChI is InChI=1S/C21H19Cl3FN3O5/c22-12-3-5-15(28-17(30)8-10-1-4-14(25)13(23)7-10)19(24)18(12)16(29)6-2-11(20(31)32)9-27-21(26)33/h1,3-5,7,11H,2,6,8-9H2,(H,28,30)(H,31,32)(H3,26,27,33)/t11-/m0/s1. The number of ketones is 1. The smallest absolute Gasteiger partial charge is 0.312 e. The molecule has 0 heterocycles. The number of hydrogen-bond donors (Lipinski definition) is 4. The Labute approximate surface area is 203 Å². The summed E-state index contributed by atoms with van der Waals surface area (Å²) < 4.78 is 13.3. The molecule has 1 atom stereocenters. The maximum absolute atomic E-state index is 13.3. The number of carboxylic acid groups (broad SMARTS) is 1. The molecule has 0 unspecified atom stereocenters. The summed E-state index contributed by atoms with van der Waals surface area (Å²) in [6.07, 6.45) is -0.471. The van der Waals surface area contributed by atoms with Crippen molar-refractivity contribution in [1.29, 1.82) is 0 Å². The number of nitrogens with two attached hydrogens (primary N) is 1. The predicted molar refractivity (Wildman–Crippen MR) is 122 cm³/mol. The summed E-state index contributed by atoms with van der Waals surface area (Å²) in [7, 11) is 0. The van der Waals surface area contributed by atoms with Gasteiger partial charge in [0.15, 0.2) is 5.78 Å². The largest absolute Gasteiger partial charge is 0.481 e. The Morgan fingerprint density at radius 2 is 1.76 bits per heavy atom. The summed E-state index contributed by atoms with van der Waals surface area (Å²) in [5.74, 6) is -3.92. The molecule has 0 bridgehead atoms. The third-order valence-corrected chi connectivity index (χ3v) is 5.58. The minimum Gasteiger partial charge on any atom is -0.481 e. The number of anilines is 1. The van der Waals surface area contributed by atoms with Crippen molar-refractivity contribution in [3.05, 3.63) is 62.3 Å². The number of rotatable bonds is 10. The molecule has 0 aliphatic rings. The molecule has 0 aliphatic carbocycles. The molecule has 2 rings (SSSR count). The highest BCUT2D eigenvalue weighted by atomic mass is 35.5. The molecule has 12 heteroatoms. The highest BCUT2D eigenvalue weighted by molar-refractivity contribution is 6.41. The third kappa shape index (κ3) is 7.59. The number of urea groups is 1. The van der Waals surface area contributed by atoms with Gasteiger partial charge in [0, 0.05) is 13.0 Å². The number of halogens is 4. The Bertz CT molecular complexity index is 1100. The van der Waals surface area contributed by atoms with E-state index in [1.54, 1.807) is 0 Å². The highest BCUT2D eigenvalue weighted by Crippen LogP contribution is 2.33. The molecule has 2 aromatic rings. The summed E-state index contributed by atoms with van der Waals surface area (Å²) in [5, 5.41) is 13.8. The number of carbonyl (C=O) groups excluding carboxylic acids is 3. The van der Waals surface area contributed by atoms with Gasteiger partial charge in [-0.05, 0) is 36.2 Å². The lowest BCUT2D eigenvalue weighted by Crippen LogP contribution is -2.36. The van der Waals surface area contributed by atoms with Crippen LogP contribution in [0.1, 0.15) is 28.8 Å². The second-order valence-electron chi connectivity index (χ2n) is 7.00. The van der Waals surface area contributed by atoms with Crippen LogP contribution in [0.4, 0.5) is 14.9 Å². The summed E-state index contributed by atoms with van der Waals surface area (Å²) in [4.78, 5) is 47.2. The second-order valence-corrected chi connectivity index (χ2v) is 8.19. The summed E-state index contributed by atoms with van der Waals surface area (Å²) in [5.41, 5.74) is 5.45. The number of benzene rings is 2. The Morgan fingerprint density at radius 1 is 1.06 bits per heavy atom. The molecule has 2 aromatic carbocycles. The van der Waals surface area contributed by atoms with Crippen molar-refractivity contribution in [1.82, 2.24) is 5.32 Å². The molecular formula is C21H19Cl3FN3O5. The number of nitrogens with one attached hydrogen (secondary N) is 2. The Hall–Kier alpha value is -2.88. The molecule has 5 N–H and O–H groups in total. The Morgan fingerprint density at radius 3 is 2.36 bits per heavy atom. The quantitative estimate of drug-likeness (QED) is 0.347. The van der Waals surface area contributed by atoms with Gasteiger partial charge in [-0.1, -0.05) is 40.9 Å². The van der Waals surface area contributed by atoms with E-state index in [0.717, 1.165) is 6.07 Å². The molecule has 0 radical (unpaired) electrons. The van der Waals surface area contributed by atoms with Crippen molar-refractivity contribution >= 4 is 64.2 Å². The van der Waals surface area contributed by atoms with Crippen LogP contribution in [0.15, 0.2) is 30.3 Å². The van der Waals surface area contributed by atoms with Crippen LogP contribution >= 0.6 is 34.8 Å². The van der Waals surface area contributed by atoms with Crippen molar-refractivity contribution < 1.29 is 28.7 Å². The first-order valence-corrected chi connectivity index (χ1v) is 10.6. The normalized spacial score (nSPS) is 11.5. The number of primary amides is 1. The number of carbonyl (C=O) groups is 4. The van der Waals surface area contributed by atoms with Gasteiger partial charge < -0.3 is 21.5 Å². The number of amides is 3. The van der Waals surface area contributed by atoms with Gasteiger partial charge in [0.05, 0.1) is 38.7 Å². The van der Waals surface area contributed by atoms with Crippen molar-refractivity contribution in [3.8, 4) is 0 Å². The lowest BCUT2D eigenvalue weighted by molar-refractivity contribution is -0.141. The van der Waals surface area contributed by atoms with Crippen molar-refractivity contribution in [2.24, 2.45) is 11.7 Å². The molecule has 0 saturated heterocycles. The zero-order valence-electron chi connectivity index (χ0n) is 17.0. The summed E-state index contributed by atoms with van der Waals surface area (Å²) in [6, 6.07) is 5.76. The fraction of sp³-hybridized carbons (Fsp3) is 0.238. The first-order chi connectivity index (χ1) is 15.5. The van der Waals surface area contributed by atoms with E-state index < -0.39 is 35.4 Å². The fourth-order valence-corrected chi connectivity index (χ4v) is 3.73. The van der Waals surface area contributed by atoms with Crippen LogP contribution in [0.25, 0.3) is 0 Å². The van der Waals surface area contributed by atoms with E-state index in [1.165, 1.54) is 24.3 Å². The molecule has 0 spiro atoms. The van der Waals surface area contributed by atoms with Crippen LogP contribution in [-0.2, 0) is 16.0 Å². The average molecular weight is 519 g/mol. The molecule has 8 nitrogen and oxygen atoms in total. The molecule has 176 valence electrons. The van der Waals surface area contributed by atoms with Crippen molar-refractivity contribution in [3.63, 3.8) is 0 Å². The number of hydrogen-bond acceptors (Lipinski definition) is 4. The molecule has 0 fully saturated rings. The second kappa shape index (κ2) is 11.8. The average Bonchev–Trinajstić information content (AvgIpc) is 2.72. The molecule has 3 amide bonds. The zero-order chi connectivity index (χ0) is 24.7. The molecule has 0 aliphatic heterocycles. The van der Waals surface area contributed by atoms with Crippen LogP contribution in [-0.4, -0.2) is 35.3 Å². The first-order valence-electron chi connectivity index (χ1n) is 9.50. The van der Waals surface area contributed by atoms with Crippen molar-refractivity contribution in [2.75, 3.05) is 11.9 Å². The highest BCUT2D eigenvalue weighted by Gasteiger charge is 2.23. The topological polar surface area (TPSA) is 139 Å². The van der Waals surface area contributed by atoms with Crippen LogP contribution < -0.4 is 16.4 Å². The predicted octanol–water partition coefficient (Wildman–Crippen LogP) is 4.30. The van der Waals surface area contributed by atoms with E-state index >= 15 is 0 Å². The number of aliphatic carboxylic acids is 1. The molecule has 33 heavy (non-hydrogen) atoms. The van der Waals surface area contributed by atoms with Gasteiger partial charge >= 0.3 is 12.0 Å². The van der Waals surface area contributed by atoms with Crippen molar-refractivity contribution in [2.45, 2.75) is 19.3 Å². The maximum Gasteiger partial charge on any atom is 0.312 e. The van der Waals surface area contributed by atoms with Crippen LogP contribution in [0, 0.1) is 11.7 Å². The molecule has 0 saturated carbocycles. The fourth-order valence-electron chi connectivity index (χ4n) is 2.90. The first kappa shape index (κ1) is 26.4.